The number of ether oxygens (including phenoxy) is 1. The quantitative estimate of drug-likeness (QED) is 0.792. The second kappa shape index (κ2) is 10.3. The van der Waals surface area contributed by atoms with Crippen LogP contribution in [0.3, 0.4) is 0 Å². The number of carbonyl (C=O) groups is 2. The predicted molar refractivity (Wildman–Crippen MR) is 106 cm³/mol. The van der Waals surface area contributed by atoms with E-state index in [-0.39, 0.29) is 24.1 Å². The molecule has 7 nitrogen and oxygen atoms in total. The molecule has 1 heterocycles. The maximum absolute atomic E-state index is 12.5. The molecule has 2 rings (SSSR count). The number of nitrogens with zero attached hydrogens (tertiary/aromatic N) is 2. The van der Waals surface area contributed by atoms with Crippen LogP contribution in [0.15, 0.2) is 24.3 Å². The predicted octanol–water partition coefficient (Wildman–Crippen LogP) is 1.69. The van der Waals surface area contributed by atoms with Crippen molar-refractivity contribution < 1.29 is 14.3 Å². The SMILES string of the molecule is C[C@@H]1CCN(C(=O)NCc2cccc(C(=O)NCCN(C)C)c2)C[C@H](C)O1. The molecular weight excluding hydrogens is 344 g/mol. The van der Waals surface area contributed by atoms with Gasteiger partial charge in [0.2, 0.25) is 0 Å². The number of amides is 3. The van der Waals surface area contributed by atoms with Gasteiger partial charge >= 0.3 is 6.03 Å². The van der Waals surface area contributed by atoms with E-state index in [0.29, 0.717) is 31.7 Å². The normalized spacial score (nSPS) is 20.3. The Labute approximate surface area is 162 Å². The van der Waals surface area contributed by atoms with Crippen LogP contribution in [-0.2, 0) is 11.3 Å². The number of hydrogen-bond acceptors (Lipinski definition) is 4. The lowest BCUT2D eigenvalue weighted by molar-refractivity contribution is 0.0160. The van der Waals surface area contributed by atoms with Crippen molar-refractivity contribution in [2.24, 2.45) is 0 Å². The van der Waals surface area contributed by atoms with Crippen LogP contribution < -0.4 is 10.6 Å². The summed E-state index contributed by atoms with van der Waals surface area (Å²) < 4.78 is 5.77. The van der Waals surface area contributed by atoms with E-state index < -0.39 is 0 Å². The Morgan fingerprint density at radius 3 is 2.74 bits per heavy atom. The Morgan fingerprint density at radius 1 is 1.22 bits per heavy atom. The summed E-state index contributed by atoms with van der Waals surface area (Å²) in [7, 11) is 3.93. The molecule has 1 aromatic rings. The number of urea groups is 1. The Balaban J connectivity index is 1.86. The van der Waals surface area contributed by atoms with Crippen molar-refractivity contribution in [1.29, 1.82) is 0 Å². The van der Waals surface area contributed by atoms with Gasteiger partial charge in [-0.2, -0.15) is 0 Å². The average molecular weight is 377 g/mol. The fourth-order valence-corrected chi connectivity index (χ4v) is 3.04. The second-order valence-electron chi connectivity index (χ2n) is 7.41. The van der Waals surface area contributed by atoms with Crippen molar-refractivity contribution in [3.8, 4) is 0 Å². The molecule has 0 bridgehead atoms. The Kier molecular flexibility index (Phi) is 8.06. The van der Waals surface area contributed by atoms with Gasteiger partial charge in [0, 0.05) is 38.3 Å². The number of carbonyl (C=O) groups excluding carboxylic acids is 2. The minimum Gasteiger partial charge on any atom is -0.374 e. The summed E-state index contributed by atoms with van der Waals surface area (Å²) in [5.41, 5.74) is 1.50. The molecule has 27 heavy (non-hydrogen) atoms. The molecule has 0 aromatic heterocycles. The van der Waals surface area contributed by atoms with Gasteiger partial charge in [0.15, 0.2) is 0 Å². The smallest absolute Gasteiger partial charge is 0.317 e. The van der Waals surface area contributed by atoms with E-state index in [1.807, 2.05) is 51.0 Å². The van der Waals surface area contributed by atoms with Gasteiger partial charge in [-0.05, 0) is 52.1 Å². The van der Waals surface area contributed by atoms with E-state index >= 15 is 0 Å². The van der Waals surface area contributed by atoms with Gasteiger partial charge in [-0.3, -0.25) is 4.79 Å². The standard InChI is InChI=1S/C20H32N4O3/c1-15-8-10-24(14-16(2)27-15)20(26)22-13-17-6-5-7-18(12-17)19(25)21-9-11-23(3)4/h5-7,12,15-16H,8-11,13-14H2,1-4H3,(H,21,25)(H,22,26)/t15-,16+/m1/s1. The van der Waals surface area contributed by atoms with Gasteiger partial charge in [0.25, 0.3) is 5.91 Å². The molecule has 2 atom stereocenters. The topological polar surface area (TPSA) is 73.9 Å². The second-order valence-corrected chi connectivity index (χ2v) is 7.41. The highest BCUT2D eigenvalue weighted by atomic mass is 16.5. The molecule has 0 unspecified atom stereocenters. The summed E-state index contributed by atoms with van der Waals surface area (Å²) in [6.45, 7) is 7.07. The molecule has 150 valence electrons. The summed E-state index contributed by atoms with van der Waals surface area (Å²) in [6.07, 6.45) is 1.03. The summed E-state index contributed by atoms with van der Waals surface area (Å²) in [5.74, 6) is -0.0995. The summed E-state index contributed by atoms with van der Waals surface area (Å²) >= 11 is 0. The molecule has 1 aliphatic rings. The number of hydrogen-bond donors (Lipinski definition) is 2. The maximum atomic E-state index is 12.5. The first-order valence-corrected chi connectivity index (χ1v) is 9.55. The molecule has 3 amide bonds. The fourth-order valence-electron chi connectivity index (χ4n) is 3.04. The van der Waals surface area contributed by atoms with Gasteiger partial charge in [0.05, 0.1) is 12.2 Å². The lowest BCUT2D eigenvalue weighted by Gasteiger charge is -2.22. The number of rotatable bonds is 6. The third-order valence-electron chi connectivity index (χ3n) is 4.51. The molecule has 2 N–H and O–H groups in total. The van der Waals surface area contributed by atoms with E-state index in [1.165, 1.54) is 0 Å². The minimum atomic E-state index is -0.0995. The van der Waals surface area contributed by atoms with Crippen LogP contribution in [0.4, 0.5) is 4.79 Å². The van der Waals surface area contributed by atoms with Crippen LogP contribution in [-0.4, -0.2) is 74.2 Å². The summed E-state index contributed by atoms with van der Waals surface area (Å²) in [5, 5.41) is 5.85. The van der Waals surface area contributed by atoms with Gasteiger partial charge in [-0.15, -0.1) is 0 Å². The van der Waals surface area contributed by atoms with Crippen LogP contribution >= 0.6 is 0 Å². The molecule has 0 saturated carbocycles. The zero-order valence-corrected chi connectivity index (χ0v) is 16.8. The Morgan fingerprint density at radius 2 is 2.00 bits per heavy atom. The van der Waals surface area contributed by atoms with Gasteiger partial charge < -0.3 is 25.2 Å². The fraction of sp³-hybridized carbons (Fsp3) is 0.600. The molecule has 0 aliphatic carbocycles. The number of benzene rings is 1. The van der Waals surface area contributed by atoms with Crippen LogP contribution in [0.1, 0.15) is 36.2 Å². The van der Waals surface area contributed by atoms with Gasteiger partial charge in [-0.25, -0.2) is 4.79 Å². The van der Waals surface area contributed by atoms with E-state index in [9.17, 15) is 9.59 Å². The molecule has 0 radical (unpaired) electrons. The first kappa shape index (κ1) is 21.2. The summed E-state index contributed by atoms with van der Waals surface area (Å²) in [6, 6.07) is 7.26. The van der Waals surface area contributed by atoms with Crippen molar-refractivity contribution >= 4 is 11.9 Å². The third-order valence-corrected chi connectivity index (χ3v) is 4.51. The lowest BCUT2D eigenvalue weighted by atomic mass is 10.1. The van der Waals surface area contributed by atoms with Crippen LogP contribution in [0.2, 0.25) is 0 Å². The van der Waals surface area contributed by atoms with Crippen molar-refractivity contribution in [3.05, 3.63) is 35.4 Å². The molecular formula is C20H32N4O3. The van der Waals surface area contributed by atoms with E-state index in [0.717, 1.165) is 18.5 Å². The molecule has 1 aromatic carbocycles. The average Bonchev–Trinajstić information content (AvgIpc) is 2.79. The van der Waals surface area contributed by atoms with Crippen molar-refractivity contribution in [1.82, 2.24) is 20.4 Å². The van der Waals surface area contributed by atoms with Crippen LogP contribution in [0.5, 0.6) is 0 Å². The largest absolute Gasteiger partial charge is 0.374 e. The highest BCUT2D eigenvalue weighted by Crippen LogP contribution is 2.12. The number of likely N-dealkylation sites (N-methyl/N-ethyl adjacent to an activating group) is 1. The third kappa shape index (κ3) is 7.19. The van der Waals surface area contributed by atoms with Crippen molar-refractivity contribution in [3.63, 3.8) is 0 Å². The molecule has 0 spiro atoms. The van der Waals surface area contributed by atoms with E-state index in [2.05, 4.69) is 10.6 Å². The molecule has 1 aliphatic heterocycles. The lowest BCUT2D eigenvalue weighted by Crippen LogP contribution is -2.42. The van der Waals surface area contributed by atoms with Crippen molar-refractivity contribution in [2.45, 2.75) is 39.0 Å². The monoisotopic (exact) mass is 376 g/mol. The highest BCUT2D eigenvalue weighted by Gasteiger charge is 2.22. The van der Waals surface area contributed by atoms with Crippen LogP contribution in [0.25, 0.3) is 0 Å². The minimum absolute atomic E-state index is 0.0300. The summed E-state index contributed by atoms with van der Waals surface area (Å²) in [4.78, 5) is 28.5. The Bertz CT molecular complexity index is 635. The first-order chi connectivity index (χ1) is 12.8. The highest BCUT2D eigenvalue weighted by molar-refractivity contribution is 5.94. The first-order valence-electron chi connectivity index (χ1n) is 9.55. The molecule has 7 heteroatoms. The maximum Gasteiger partial charge on any atom is 0.317 e. The van der Waals surface area contributed by atoms with E-state index in [1.54, 1.807) is 11.0 Å². The van der Waals surface area contributed by atoms with Crippen LogP contribution in [0, 0.1) is 0 Å². The zero-order valence-electron chi connectivity index (χ0n) is 16.8. The molecule has 1 saturated heterocycles. The van der Waals surface area contributed by atoms with Gasteiger partial charge in [-0.1, -0.05) is 12.1 Å². The van der Waals surface area contributed by atoms with E-state index in [4.69, 9.17) is 4.74 Å². The number of nitrogens with one attached hydrogen (secondary N) is 2. The van der Waals surface area contributed by atoms with Crippen molar-refractivity contribution in [2.75, 3.05) is 40.3 Å². The molecule has 1 fully saturated rings. The zero-order chi connectivity index (χ0) is 19.8. The Hall–Kier alpha value is -2.12. The van der Waals surface area contributed by atoms with Gasteiger partial charge in [0.1, 0.15) is 0 Å².